The van der Waals surface area contributed by atoms with Crippen LogP contribution in [0.3, 0.4) is 0 Å². The van der Waals surface area contributed by atoms with E-state index in [9.17, 15) is 0 Å². The van der Waals surface area contributed by atoms with Gasteiger partial charge in [-0.15, -0.1) is 0 Å². The predicted octanol–water partition coefficient (Wildman–Crippen LogP) is 4.04. The summed E-state index contributed by atoms with van der Waals surface area (Å²) in [5.74, 6) is 1.88. The summed E-state index contributed by atoms with van der Waals surface area (Å²) < 4.78 is 7.86. The highest BCUT2D eigenvalue weighted by Gasteiger charge is 2.16. The van der Waals surface area contributed by atoms with Crippen molar-refractivity contribution in [2.24, 2.45) is 5.73 Å². The highest BCUT2D eigenvalue weighted by Crippen LogP contribution is 2.26. The Bertz CT molecular complexity index is 577. The SMILES string of the molecule is CCCCn1c(C(N)CCC)nc2cc(OCC)ccc21. The fourth-order valence-corrected chi connectivity index (χ4v) is 2.66. The summed E-state index contributed by atoms with van der Waals surface area (Å²) in [6.07, 6.45) is 4.35. The Balaban J connectivity index is 2.43. The first-order valence-electron chi connectivity index (χ1n) is 8.09. The Morgan fingerprint density at radius 3 is 2.71 bits per heavy atom. The highest BCUT2D eigenvalue weighted by molar-refractivity contribution is 5.78. The van der Waals surface area contributed by atoms with E-state index in [0.717, 1.165) is 48.4 Å². The van der Waals surface area contributed by atoms with Crippen LogP contribution in [0.4, 0.5) is 0 Å². The number of unbranched alkanes of at least 4 members (excludes halogenated alkanes) is 1. The van der Waals surface area contributed by atoms with Crippen LogP contribution in [0.25, 0.3) is 11.0 Å². The third kappa shape index (κ3) is 3.56. The largest absolute Gasteiger partial charge is 0.494 e. The van der Waals surface area contributed by atoms with Crippen LogP contribution in [0.5, 0.6) is 5.75 Å². The van der Waals surface area contributed by atoms with E-state index >= 15 is 0 Å². The van der Waals surface area contributed by atoms with E-state index in [0.29, 0.717) is 6.61 Å². The van der Waals surface area contributed by atoms with Gasteiger partial charge in [0.05, 0.1) is 23.7 Å². The van der Waals surface area contributed by atoms with Crippen molar-refractivity contribution in [1.82, 2.24) is 9.55 Å². The molecule has 0 fully saturated rings. The van der Waals surface area contributed by atoms with E-state index in [1.807, 2.05) is 19.1 Å². The molecule has 2 N–H and O–H groups in total. The number of benzene rings is 1. The fraction of sp³-hybridized carbons (Fsp3) is 0.588. The van der Waals surface area contributed by atoms with Crippen molar-refractivity contribution in [3.8, 4) is 5.75 Å². The van der Waals surface area contributed by atoms with Gasteiger partial charge >= 0.3 is 0 Å². The predicted molar refractivity (Wildman–Crippen MR) is 87.6 cm³/mol. The number of ether oxygens (including phenoxy) is 1. The van der Waals surface area contributed by atoms with E-state index in [-0.39, 0.29) is 6.04 Å². The van der Waals surface area contributed by atoms with Crippen molar-refractivity contribution in [3.63, 3.8) is 0 Å². The molecule has 1 aromatic heterocycles. The average molecular weight is 289 g/mol. The quantitative estimate of drug-likeness (QED) is 0.798. The summed E-state index contributed by atoms with van der Waals surface area (Å²) in [5, 5.41) is 0. The maximum atomic E-state index is 6.32. The minimum Gasteiger partial charge on any atom is -0.494 e. The van der Waals surface area contributed by atoms with Crippen molar-refractivity contribution in [2.75, 3.05) is 6.61 Å². The van der Waals surface area contributed by atoms with Gasteiger partial charge in [-0.25, -0.2) is 4.98 Å². The van der Waals surface area contributed by atoms with Gasteiger partial charge in [0, 0.05) is 12.6 Å². The fourth-order valence-electron chi connectivity index (χ4n) is 2.66. The van der Waals surface area contributed by atoms with Crippen LogP contribution in [0.2, 0.25) is 0 Å². The number of aryl methyl sites for hydroxylation is 1. The molecule has 4 nitrogen and oxygen atoms in total. The van der Waals surface area contributed by atoms with Gasteiger partial charge in [-0.1, -0.05) is 26.7 Å². The number of nitrogens with zero attached hydrogens (tertiary/aromatic N) is 2. The standard InChI is InChI=1S/C17H27N3O/c1-4-7-11-20-16-10-9-13(21-6-3)12-15(16)19-17(20)14(18)8-5-2/h9-10,12,14H,4-8,11,18H2,1-3H3. The van der Waals surface area contributed by atoms with Gasteiger partial charge in [-0.2, -0.15) is 0 Å². The molecule has 0 saturated carbocycles. The molecular formula is C17H27N3O. The van der Waals surface area contributed by atoms with Crippen LogP contribution in [0.1, 0.15) is 58.3 Å². The normalized spacial score (nSPS) is 12.8. The first-order chi connectivity index (χ1) is 10.2. The smallest absolute Gasteiger partial charge is 0.126 e. The minimum atomic E-state index is 0.00907. The number of nitrogens with two attached hydrogens (primary N) is 1. The van der Waals surface area contributed by atoms with Crippen molar-refractivity contribution in [2.45, 2.75) is 59.0 Å². The molecule has 0 bridgehead atoms. The number of rotatable bonds is 8. The summed E-state index contributed by atoms with van der Waals surface area (Å²) in [6, 6.07) is 6.15. The number of hydrogen-bond acceptors (Lipinski definition) is 3. The van der Waals surface area contributed by atoms with Crippen LogP contribution in [-0.2, 0) is 6.54 Å². The van der Waals surface area contributed by atoms with E-state index in [4.69, 9.17) is 15.5 Å². The minimum absolute atomic E-state index is 0.00907. The van der Waals surface area contributed by atoms with Gasteiger partial charge in [0.15, 0.2) is 0 Å². The van der Waals surface area contributed by atoms with Gasteiger partial charge in [0.1, 0.15) is 11.6 Å². The monoisotopic (exact) mass is 289 g/mol. The van der Waals surface area contributed by atoms with Crippen molar-refractivity contribution < 1.29 is 4.74 Å². The van der Waals surface area contributed by atoms with E-state index in [2.05, 4.69) is 24.5 Å². The van der Waals surface area contributed by atoms with Crippen LogP contribution in [-0.4, -0.2) is 16.2 Å². The molecule has 116 valence electrons. The molecule has 2 aromatic rings. The Morgan fingerprint density at radius 2 is 2.05 bits per heavy atom. The molecule has 0 radical (unpaired) electrons. The van der Waals surface area contributed by atoms with Crippen LogP contribution in [0, 0.1) is 0 Å². The molecule has 2 rings (SSSR count). The third-order valence-corrected chi connectivity index (χ3v) is 3.73. The molecule has 0 aliphatic carbocycles. The molecule has 1 unspecified atom stereocenters. The topological polar surface area (TPSA) is 53.1 Å². The lowest BCUT2D eigenvalue weighted by atomic mass is 10.1. The zero-order valence-corrected chi connectivity index (χ0v) is 13.4. The maximum absolute atomic E-state index is 6.32. The van der Waals surface area contributed by atoms with Crippen molar-refractivity contribution >= 4 is 11.0 Å². The number of aromatic nitrogens is 2. The van der Waals surface area contributed by atoms with Gasteiger partial charge in [-0.3, -0.25) is 0 Å². The lowest BCUT2D eigenvalue weighted by Crippen LogP contribution is -2.16. The van der Waals surface area contributed by atoms with Gasteiger partial charge in [-0.05, 0) is 31.9 Å². The molecule has 0 saturated heterocycles. The molecular weight excluding hydrogens is 262 g/mol. The summed E-state index contributed by atoms with van der Waals surface area (Å²) in [6.45, 7) is 8.01. The molecule has 4 heteroatoms. The summed E-state index contributed by atoms with van der Waals surface area (Å²) in [7, 11) is 0. The second-order valence-electron chi connectivity index (χ2n) is 5.45. The van der Waals surface area contributed by atoms with Gasteiger partial charge < -0.3 is 15.0 Å². The molecule has 0 spiro atoms. The lowest BCUT2D eigenvalue weighted by molar-refractivity contribution is 0.340. The van der Waals surface area contributed by atoms with Crippen molar-refractivity contribution in [3.05, 3.63) is 24.0 Å². The van der Waals surface area contributed by atoms with Gasteiger partial charge in [0.2, 0.25) is 0 Å². The van der Waals surface area contributed by atoms with Crippen LogP contribution in [0.15, 0.2) is 18.2 Å². The van der Waals surface area contributed by atoms with E-state index in [1.54, 1.807) is 0 Å². The maximum Gasteiger partial charge on any atom is 0.126 e. The molecule has 1 aromatic carbocycles. The summed E-state index contributed by atoms with van der Waals surface area (Å²) >= 11 is 0. The molecule has 1 atom stereocenters. The zero-order chi connectivity index (χ0) is 15.2. The molecule has 0 aliphatic rings. The Kier molecular flexibility index (Phi) is 5.62. The van der Waals surface area contributed by atoms with E-state index in [1.165, 1.54) is 6.42 Å². The number of fused-ring (bicyclic) bond motifs is 1. The van der Waals surface area contributed by atoms with Crippen molar-refractivity contribution in [1.29, 1.82) is 0 Å². The highest BCUT2D eigenvalue weighted by atomic mass is 16.5. The summed E-state index contributed by atoms with van der Waals surface area (Å²) in [4.78, 5) is 4.78. The lowest BCUT2D eigenvalue weighted by Gasteiger charge is -2.13. The second-order valence-corrected chi connectivity index (χ2v) is 5.45. The first-order valence-corrected chi connectivity index (χ1v) is 8.09. The van der Waals surface area contributed by atoms with Gasteiger partial charge in [0.25, 0.3) is 0 Å². The zero-order valence-electron chi connectivity index (χ0n) is 13.4. The van der Waals surface area contributed by atoms with Crippen LogP contribution < -0.4 is 10.5 Å². The third-order valence-electron chi connectivity index (χ3n) is 3.73. The molecule has 21 heavy (non-hydrogen) atoms. The number of hydrogen-bond donors (Lipinski definition) is 1. The Labute approximate surface area is 127 Å². The average Bonchev–Trinajstić information content (AvgIpc) is 2.83. The second kappa shape index (κ2) is 7.46. The first kappa shape index (κ1) is 15.8. The molecule has 0 amide bonds. The summed E-state index contributed by atoms with van der Waals surface area (Å²) in [5.41, 5.74) is 8.47. The number of imidazole rings is 1. The molecule has 0 aliphatic heterocycles. The molecule has 1 heterocycles. The van der Waals surface area contributed by atoms with E-state index < -0.39 is 0 Å². The van der Waals surface area contributed by atoms with Crippen LogP contribution >= 0.6 is 0 Å². The Morgan fingerprint density at radius 1 is 1.24 bits per heavy atom. The Hall–Kier alpha value is -1.55.